The van der Waals surface area contributed by atoms with Crippen molar-refractivity contribution >= 4 is 0 Å². The van der Waals surface area contributed by atoms with Crippen molar-refractivity contribution in [3.63, 3.8) is 0 Å². The van der Waals surface area contributed by atoms with Crippen molar-refractivity contribution < 1.29 is 0 Å². The summed E-state index contributed by atoms with van der Waals surface area (Å²) in [4.78, 5) is 0. The molecule has 1 aromatic carbocycles. The number of likely N-dealkylation sites (N-methyl/N-ethyl adjacent to an activating group) is 1. The second-order valence-electron chi connectivity index (χ2n) is 5.04. The first-order valence-corrected chi connectivity index (χ1v) is 6.81. The lowest BCUT2D eigenvalue weighted by atomic mass is 10.0. The van der Waals surface area contributed by atoms with Crippen molar-refractivity contribution in [2.75, 3.05) is 6.54 Å². The quantitative estimate of drug-likeness (QED) is 0.860. The van der Waals surface area contributed by atoms with Crippen molar-refractivity contribution in [3.8, 4) is 0 Å². The van der Waals surface area contributed by atoms with Crippen molar-refractivity contribution in [2.24, 2.45) is 7.05 Å². The summed E-state index contributed by atoms with van der Waals surface area (Å²) in [6, 6.07) is 9.10. The van der Waals surface area contributed by atoms with E-state index in [0.717, 1.165) is 25.1 Å². The van der Waals surface area contributed by atoms with Crippen LogP contribution in [0.4, 0.5) is 0 Å². The van der Waals surface area contributed by atoms with E-state index in [1.165, 1.54) is 11.1 Å². The maximum Gasteiger partial charge on any atom is 0.0842 e. The Kier molecular flexibility index (Phi) is 4.68. The summed E-state index contributed by atoms with van der Waals surface area (Å²) < 4.78 is 1.75. The number of nitrogens with zero attached hydrogens (tertiary/aromatic N) is 3. The van der Waals surface area contributed by atoms with E-state index in [1.807, 2.05) is 13.2 Å². The molecule has 0 bridgehead atoms. The van der Waals surface area contributed by atoms with Gasteiger partial charge >= 0.3 is 0 Å². The molecule has 0 aliphatic carbocycles. The molecule has 0 aliphatic heterocycles. The van der Waals surface area contributed by atoms with Gasteiger partial charge in [-0.3, -0.25) is 4.68 Å². The SMILES string of the molecule is CCNC(Cc1cccc(C)c1)Cc1cn(C)nn1. The van der Waals surface area contributed by atoms with Crippen LogP contribution in [0.1, 0.15) is 23.7 Å². The lowest BCUT2D eigenvalue weighted by Crippen LogP contribution is -2.33. The molecule has 1 atom stereocenters. The first-order chi connectivity index (χ1) is 9.17. The molecule has 1 unspecified atom stereocenters. The van der Waals surface area contributed by atoms with E-state index in [4.69, 9.17) is 0 Å². The van der Waals surface area contributed by atoms with Crippen LogP contribution in [0.15, 0.2) is 30.5 Å². The fourth-order valence-corrected chi connectivity index (χ4v) is 2.37. The molecule has 0 spiro atoms. The maximum atomic E-state index is 4.17. The van der Waals surface area contributed by atoms with Gasteiger partial charge in [0, 0.05) is 25.7 Å². The molecule has 1 aromatic heterocycles. The van der Waals surface area contributed by atoms with Crippen molar-refractivity contribution in [2.45, 2.75) is 32.7 Å². The molecular weight excluding hydrogens is 236 g/mol. The molecule has 19 heavy (non-hydrogen) atoms. The van der Waals surface area contributed by atoms with Gasteiger partial charge in [0.2, 0.25) is 0 Å². The van der Waals surface area contributed by atoms with E-state index < -0.39 is 0 Å². The Labute approximate surface area is 114 Å². The van der Waals surface area contributed by atoms with Crippen LogP contribution in [0, 0.1) is 6.92 Å². The van der Waals surface area contributed by atoms with Crippen LogP contribution >= 0.6 is 0 Å². The summed E-state index contributed by atoms with van der Waals surface area (Å²) in [6.07, 6.45) is 3.92. The van der Waals surface area contributed by atoms with Gasteiger partial charge in [-0.25, -0.2) is 0 Å². The van der Waals surface area contributed by atoms with E-state index in [-0.39, 0.29) is 0 Å². The Hall–Kier alpha value is -1.68. The Morgan fingerprint density at radius 3 is 2.79 bits per heavy atom. The number of rotatable bonds is 6. The number of benzene rings is 1. The zero-order valence-electron chi connectivity index (χ0n) is 11.9. The second kappa shape index (κ2) is 6.48. The fourth-order valence-electron chi connectivity index (χ4n) is 2.37. The number of aromatic nitrogens is 3. The number of aryl methyl sites for hydroxylation is 2. The minimum absolute atomic E-state index is 0.406. The van der Waals surface area contributed by atoms with Gasteiger partial charge in [-0.2, -0.15) is 0 Å². The van der Waals surface area contributed by atoms with Gasteiger partial charge < -0.3 is 5.32 Å². The van der Waals surface area contributed by atoms with E-state index >= 15 is 0 Å². The highest BCUT2D eigenvalue weighted by molar-refractivity contribution is 5.23. The molecule has 0 radical (unpaired) electrons. The molecule has 4 nitrogen and oxygen atoms in total. The third-order valence-corrected chi connectivity index (χ3v) is 3.16. The average molecular weight is 258 g/mol. The Bertz CT molecular complexity index is 518. The lowest BCUT2D eigenvalue weighted by molar-refractivity contribution is 0.516. The van der Waals surface area contributed by atoms with E-state index in [1.54, 1.807) is 4.68 Å². The second-order valence-corrected chi connectivity index (χ2v) is 5.04. The predicted octanol–water partition coefficient (Wildman–Crippen LogP) is 1.89. The summed E-state index contributed by atoms with van der Waals surface area (Å²) in [5.74, 6) is 0. The first-order valence-electron chi connectivity index (χ1n) is 6.81. The molecule has 0 aliphatic rings. The summed E-state index contributed by atoms with van der Waals surface area (Å²) in [7, 11) is 1.90. The van der Waals surface area contributed by atoms with Gasteiger partial charge in [-0.1, -0.05) is 42.0 Å². The van der Waals surface area contributed by atoms with Crippen LogP contribution in [0.2, 0.25) is 0 Å². The summed E-state index contributed by atoms with van der Waals surface area (Å²) in [6.45, 7) is 5.24. The third kappa shape index (κ3) is 4.17. The van der Waals surface area contributed by atoms with E-state index in [9.17, 15) is 0 Å². The molecule has 0 amide bonds. The normalized spacial score (nSPS) is 12.6. The lowest BCUT2D eigenvalue weighted by Gasteiger charge is -2.17. The molecule has 4 heteroatoms. The molecule has 1 N–H and O–H groups in total. The fraction of sp³-hybridized carbons (Fsp3) is 0.467. The minimum Gasteiger partial charge on any atom is -0.314 e. The maximum absolute atomic E-state index is 4.17. The predicted molar refractivity (Wildman–Crippen MR) is 77.1 cm³/mol. The number of nitrogens with one attached hydrogen (secondary N) is 1. The van der Waals surface area contributed by atoms with Gasteiger partial charge in [0.15, 0.2) is 0 Å². The van der Waals surface area contributed by atoms with Gasteiger partial charge in [0.05, 0.1) is 5.69 Å². The van der Waals surface area contributed by atoms with Crippen LogP contribution in [-0.2, 0) is 19.9 Å². The van der Waals surface area contributed by atoms with E-state index in [2.05, 4.69) is 53.7 Å². The van der Waals surface area contributed by atoms with Crippen molar-refractivity contribution in [1.29, 1.82) is 0 Å². The average Bonchev–Trinajstić information content (AvgIpc) is 2.75. The summed E-state index contributed by atoms with van der Waals surface area (Å²) in [5.41, 5.74) is 3.73. The third-order valence-electron chi connectivity index (χ3n) is 3.16. The molecule has 2 aromatic rings. The molecular formula is C15H22N4. The molecule has 1 heterocycles. The monoisotopic (exact) mass is 258 g/mol. The van der Waals surface area contributed by atoms with Gasteiger partial charge in [0.1, 0.15) is 0 Å². The Balaban J connectivity index is 2.03. The topological polar surface area (TPSA) is 42.7 Å². The van der Waals surface area contributed by atoms with Crippen LogP contribution < -0.4 is 5.32 Å². The zero-order chi connectivity index (χ0) is 13.7. The largest absolute Gasteiger partial charge is 0.314 e. The van der Waals surface area contributed by atoms with Crippen LogP contribution in [-0.4, -0.2) is 27.6 Å². The molecule has 102 valence electrons. The van der Waals surface area contributed by atoms with Gasteiger partial charge in [0.25, 0.3) is 0 Å². The zero-order valence-corrected chi connectivity index (χ0v) is 11.9. The minimum atomic E-state index is 0.406. The first kappa shape index (κ1) is 13.7. The summed E-state index contributed by atoms with van der Waals surface area (Å²) >= 11 is 0. The number of hydrogen-bond acceptors (Lipinski definition) is 3. The van der Waals surface area contributed by atoms with Crippen LogP contribution in [0.25, 0.3) is 0 Å². The molecule has 0 saturated heterocycles. The van der Waals surface area contributed by atoms with Crippen LogP contribution in [0.3, 0.4) is 0 Å². The molecule has 2 rings (SSSR count). The van der Waals surface area contributed by atoms with Gasteiger partial charge in [-0.15, -0.1) is 5.10 Å². The summed E-state index contributed by atoms with van der Waals surface area (Å²) in [5, 5.41) is 11.7. The highest BCUT2D eigenvalue weighted by atomic mass is 15.4. The number of hydrogen-bond donors (Lipinski definition) is 1. The smallest absolute Gasteiger partial charge is 0.0842 e. The highest BCUT2D eigenvalue weighted by Crippen LogP contribution is 2.09. The van der Waals surface area contributed by atoms with Crippen LogP contribution in [0.5, 0.6) is 0 Å². The van der Waals surface area contributed by atoms with E-state index in [0.29, 0.717) is 6.04 Å². The molecule has 0 fully saturated rings. The van der Waals surface area contributed by atoms with Crippen molar-refractivity contribution in [1.82, 2.24) is 20.3 Å². The standard InChI is InChI=1S/C15H22N4/c1-4-16-14(10-15-11-19(3)18-17-15)9-13-7-5-6-12(2)8-13/h5-8,11,14,16H,4,9-10H2,1-3H3. The van der Waals surface area contributed by atoms with Crippen molar-refractivity contribution in [3.05, 3.63) is 47.3 Å². The Morgan fingerprint density at radius 2 is 2.16 bits per heavy atom. The molecule has 0 saturated carbocycles. The van der Waals surface area contributed by atoms with Gasteiger partial charge in [-0.05, 0) is 25.5 Å². The Morgan fingerprint density at radius 1 is 1.32 bits per heavy atom. The highest BCUT2D eigenvalue weighted by Gasteiger charge is 2.11.